The predicted octanol–water partition coefficient (Wildman–Crippen LogP) is 3.61. The summed E-state index contributed by atoms with van der Waals surface area (Å²) in [6.45, 7) is 4.24. The molecule has 1 amide bonds. The van der Waals surface area contributed by atoms with Crippen LogP contribution in [0.15, 0.2) is 36.7 Å². The number of ether oxygens (including phenoxy) is 2. The van der Waals surface area contributed by atoms with Crippen LogP contribution in [0.25, 0.3) is 0 Å². The van der Waals surface area contributed by atoms with E-state index in [1.807, 2.05) is 18.5 Å². The van der Waals surface area contributed by atoms with Gasteiger partial charge in [-0.05, 0) is 92.6 Å². The Hall–Kier alpha value is -2.60. The Morgan fingerprint density at radius 2 is 1.81 bits per heavy atom. The van der Waals surface area contributed by atoms with Crippen molar-refractivity contribution in [1.82, 2.24) is 14.8 Å². The largest absolute Gasteiger partial charge is 0.454 e. The molecule has 3 aliphatic heterocycles. The van der Waals surface area contributed by atoms with Crippen molar-refractivity contribution < 1.29 is 14.3 Å². The van der Waals surface area contributed by atoms with Crippen molar-refractivity contribution in [1.29, 1.82) is 0 Å². The second kappa shape index (κ2) is 9.90. The lowest BCUT2D eigenvalue weighted by Gasteiger charge is -2.37. The Balaban J connectivity index is 1.14. The maximum atomic E-state index is 13.0. The molecule has 0 saturated carbocycles. The van der Waals surface area contributed by atoms with Crippen LogP contribution in [0.3, 0.4) is 0 Å². The van der Waals surface area contributed by atoms with Crippen LogP contribution in [0.4, 0.5) is 0 Å². The van der Waals surface area contributed by atoms with Crippen LogP contribution in [-0.2, 0) is 24.1 Å². The summed E-state index contributed by atoms with van der Waals surface area (Å²) in [4.78, 5) is 21.9. The Morgan fingerprint density at radius 1 is 1.00 bits per heavy atom. The number of carbonyl (C=O) groups excluding carboxylic acids is 1. The molecule has 1 aromatic carbocycles. The van der Waals surface area contributed by atoms with Gasteiger partial charge in [-0.25, -0.2) is 0 Å². The van der Waals surface area contributed by atoms with Crippen molar-refractivity contribution in [2.75, 3.05) is 33.0 Å². The molecule has 1 fully saturated rings. The maximum absolute atomic E-state index is 13.0. The first-order valence-corrected chi connectivity index (χ1v) is 12.1. The first-order chi connectivity index (χ1) is 15.8. The van der Waals surface area contributed by atoms with Crippen molar-refractivity contribution >= 4 is 5.91 Å². The van der Waals surface area contributed by atoms with E-state index in [-0.39, 0.29) is 12.7 Å². The third-order valence-corrected chi connectivity index (χ3v) is 7.18. The lowest BCUT2D eigenvalue weighted by Crippen LogP contribution is -2.43. The third-order valence-electron chi connectivity index (χ3n) is 7.18. The van der Waals surface area contributed by atoms with E-state index in [0.717, 1.165) is 56.0 Å². The fourth-order valence-corrected chi connectivity index (χ4v) is 5.34. The van der Waals surface area contributed by atoms with Gasteiger partial charge in [-0.1, -0.05) is 6.42 Å². The van der Waals surface area contributed by atoms with Gasteiger partial charge in [0.2, 0.25) is 12.7 Å². The molecule has 0 radical (unpaired) electrons. The molecule has 0 spiro atoms. The van der Waals surface area contributed by atoms with Crippen molar-refractivity contribution in [3.63, 3.8) is 0 Å². The number of rotatable bonds is 7. The van der Waals surface area contributed by atoms with Crippen molar-refractivity contribution in [2.45, 2.75) is 57.4 Å². The molecule has 5 rings (SSSR count). The van der Waals surface area contributed by atoms with E-state index in [1.54, 1.807) is 0 Å². The second-order valence-corrected chi connectivity index (χ2v) is 9.22. The van der Waals surface area contributed by atoms with Gasteiger partial charge in [0.15, 0.2) is 11.5 Å². The van der Waals surface area contributed by atoms with Gasteiger partial charge in [0.25, 0.3) is 0 Å². The van der Waals surface area contributed by atoms with Crippen LogP contribution >= 0.6 is 0 Å². The number of pyridine rings is 1. The average molecular weight is 436 g/mol. The normalized spacial score (nSPS) is 20.8. The van der Waals surface area contributed by atoms with Crippen molar-refractivity contribution in [2.24, 2.45) is 0 Å². The zero-order valence-corrected chi connectivity index (χ0v) is 18.8. The van der Waals surface area contributed by atoms with Crippen molar-refractivity contribution in [3.8, 4) is 11.5 Å². The molecule has 0 bridgehead atoms. The molecule has 32 heavy (non-hydrogen) atoms. The smallest absolute Gasteiger partial charge is 0.231 e. The fourth-order valence-electron chi connectivity index (χ4n) is 5.34. The van der Waals surface area contributed by atoms with Crippen LogP contribution in [0.5, 0.6) is 11.5 Å². The minimum Gasteiger partial charge on any atom is -0.454 e. The van der Waals surface area contributed by atoms with Gasteiger partial charge in [0.1, 0.15) is 0 Å². The Labute approximate surface area is 190 Å². The summed E-state index contributed by atoms with van der Waals surface area (Å²) in [6, 6.07) is 8.89. The van der Waals surface area contributed by atoms with E-state index in [4.69, 9.17) is 9.47 Å². The van der Waals surface area contributed by atoms with E-state index in [1.165, 1.54) is 43.4 Å². The first kappa shape index (κ1) is 21.3. The van der Waals surface area contributed by atoms with Crippen LogP contribution in [0.2, 0.25) is 0 Å². The summed E-state index contributed by atoms with van der Waals surface area (Å²) in [7, 11) is 0. The number of piperidine rings is 1. The van der Waals surface area contributed by atoms with Gasteiger partial charge < -0.3 is 19.3 Å². The Morgan fingerprint density at radius 3 is 2.66 bits per heavy atom. The van der Waals surface area contributed by atoms with Crippen LogP contribution in [0.1, 0.15) is 48.8 Å². The van der Waals surface area contributed by atoms with E-state index in [9.17, 15) is 4.79 Å². The molecule has 0 aliphatic carbocycles. The number of amides is 1. The first-order valence-electron chi connectivity index (χ1n) is 12.1. The molecule has 1 unspecified atom stereocenters. The van der Waals surface area contributed by atoms with Gasteiger partial charge in [0, 0.05) is 31.5 Å². The van der Waals surface area contributed by atoms with E-state index in [0.29, 0.717) is 12.5 Å². The Bertz CT molecular complexity index is 933. The Kier molecular flexibility index (Phi) is 6.58. The lowest BCUT2D eigenvalue weighted by molar-refractivity contribution is -0.130. The summed E-state index contributed by atoms with van der Waals surface area (Å²) < 4.78 is 11.0. The molecule has 1 aromatic heterocycles. The van der Waals surface area contributed by atoms with E-state index in [2.05, 4.69) is 33.0 Å². The van der Waals surface area contributed by atoms with Crippen LogP contribution < -0.4 is 9.47 Å². The molecule has 2 aromatic rings. The highest BCUT2D eigenvalue weighted by Gasteiger charge is 2.27. The van der Waals surface area contributed by atoms with E-state index >= 15 is 0 Å². The molecule has 6 heteroatoms. The average Bonchev–Trinajstić information content (AvgIpc) is 3.21. The van der Waals surface area contributed by atoms with Gasteiger partial charge in [-0.2, -0.15) is 0 Å². The van der Waals surface area contributed by atoms with Gasteiger partial charge >= 0.3 is 0 Å². The fraction of sp³-hybridized carbons (Fsp3) is 0.538. The van der Waals surface area contributed by atoms with Crippen LogP contribution in [0, 0.1) is 0 Å². The summed E-state index contributed by atoms with van der Waals surface area (Å²) in [5.74, 6) is 1.83. The summed E-state index contributed by atoms with van der Waals surface area (Å²) >= 11 is 0. The molecule has 170 valence electrons. The number of nitrogens with zero attached hydrogens (tertiary/aromatic N) is 3. The summed E-state index contributed by atoms with van der Waals surface area (Å²) in [5.41, 5.74) is 3.68. The SMILES string of the molecule is O=C1Cc2cc3c(cc2CCN1CCC1CCCCN1CCCc1ccncc1)OCO3. The number of carbonyl (C=O) groups is 1. The molecule has 6 nitrogen and oxygen atoms in total. The summed E-state index contributed by atoms with van der Waals surface area (Å²) in [6.07, 6.45) is 12.3. The topological polar surface area (TPSA) is 54.9 Å². The number of hydrogen-bond donors (Lipinski definition) is 0. The number of aromatic nitrogens is 1. The monoisotopic (exact) mass is 435 g/mol. The highest BCUT2D eigenvalue weighted by molar-refractivity contribution is 5.80. The molecular weight excluding hydrogens is 402 g/mol. The summed E-state index contributed by atoms with van der Waals surface area (Å²) in [5, 5.41) is 0. The second-order valence-electron chi connectivity index (χ2n) is 9.22. The highest BCUT2D eigenvalue weighted by Crippen LogP contribution is 2.36. The van der Waals surface area contributed by atoms with Crippen molar-refractivity contribution in [3.05, 3.63) is 53.3 Å². The van der Waals surface area contributed by atoms with E-state index < -0.39 is 0 Å². The van der Waals surface area contributed by atoms with Crippen LogP contribution in [-0.4, -0.2) is 59.7 Å². The predicted molar refractivity (Wildman–Crippen MR) is 123 cm³/mol. The molecule has 4 heterocycles. The molecular formula is C26H33N3O3. The molecule has 3 aliphatic rings. The highest BCUT2D eigenvalue weighted by atomic mass is 16.7. The van der Waals surface area contributed by atoms with Gasteiger partial charge in [-0.3, -0.25) is 9.78 Å². The maximum Gasteiger partial charge on any atom is 0.231 e. The number of fused-ring (bicyclic) bond motifs is 2. The molecule has 1 saturated heterocycles. The standard InChI is InChI=1S/C26H33N3O3/c30-26-18-22-17-25-24(31-19-32-25)16-21(22)8-14-29(26)15-9-23-5-1-2-12-28(23)13-3-4-20-6-10-27-11-7-20/h6-7,10-11,16-17,23H,1-5,8-9,12-15,18-19H2. The third kappa shape index (κ3) is 4.90. The zero-order chi connectivity index (χ0) is 21.8. The number of benzene rings is 1. The quantitative estimate of drug-likeness (QED) is 0.665. The molecule has 1 atom stereocenters. The minimum absolute atomic E-state index is 0.239. The minimum atomic E-state index is 0.239. The molecule has 0 N–H and O–H groups in total. The van der Waals surface area contributed by atoms with Gasteiger partial charge in [0.05, 0.1) is 6.42 Å². The number of aryl methyl sites for hydroxylation is 1. The lowest BCUT2D eigenvalue weighted by atomic mass is 9.98. The zero-order valence-electron chi connectivity index (χ0n) is 18.8. The van der Waals surface area contributed by atoms with Gasteiger partial charge in [-0.15, -0.1) is 0 Å². The number of hydrogen-bond acceptors (Lipinski definition) is 5. The number of likely N-dealkylation sites (tertiary alicyclic amines) is 1.